The lowest BCUT2D eigenvalue weighted by Gasteiger charge is -2.26. The summed E-state index contributed by atoms with van der Waals surface area (Å²) in [4.78, 5) is 23.6. The predicted octanol–water partition coefficient (Wildman–Crippen LogP) is 4.21. The molecule has 0 aliphatic heterocycles. The van der Waals surface area contributed by atoms with Crippen LogP contribution in [-0.4, -0.2) is 17.0 Å². The lowest BCUT2D eigenvalue weighted by atomic mass is 9.80. The largest absolute Gasteiger partial charge is 0.481 e. The molecule has 0 heterocycles. The van der Waals surface area contributed by atoms with Gasteiger partial charge >= 0.3 is 5.97 Å². The third-order valence-electron chi connectivity index (χ3n) is 2.81. The van der Waals surface area contributed by atoms with Crippen LogP contribution in [0.15, 0.2) is 21.1 Å². The van der Waals surface area contributed by atoms with Crippen molar-refractivity contribution >= 4 is 49.4 Å². The molecule has 0 aromatic heterocycles. The number of aryl methyl sites for hydroxylation is 1. The molecule has 1 atom stereocenters. The Bertz CT molecular complexity index is 527. The minimum absolute atomic E-state index is 0.532. The van der Waals surface area contributed by atoms with Gasteiger partial charge in [-0.3, -0.25) is 9.59 Å². The van der Waals surface area contributed by atoms with Crippen molar-refractivity contribution < 1.29 is 14.7 Å². The zero-order valence-corrected chi connectivity index (χ0v) is 14.9. The second kappa shape index (κ2) is 6.26. The number of nitrogens with one attached hydrogen (secondary N) is 1. The number of benzene rings is 1. The van der Waals surface area contributed by atoms with Gasteiger partial charge in [-0.1, -0.05) is 20.8 Å². The molecule has 1 unspecified atom stereocenters. The van der Waals surface area contributed by atoms with Gasteiger partial charge < -0.3 is 10.4 Å². The van der Waals surface area contributed by atoms with Crippen LogP contribution in [0.5, 0.6) is 0 Å². The fourth-order valence-electron chi connectivity index (χ4n) is 1.89. The van der Waals surface area contributed by atoms with Gasteiger partial charge in [0.1, 0.15) is 5.92 Å². The monoisotopic (exact) mass is 405 g/mol. The smallest absolute Gasteiger partial charge is 0.316 e. The van der Waals surface area contributed by atoms with Gasteiger partial charge in [0.15, 0.2) is 0 Å². The Morgan fingerprint density at radius 2 is 1.65 bits per heavy atom. The molecule has 4 nitrogen and oxygen atoms in total. The number of carbonyl (C=O) groups is 2. The highest BCUT2D eigenvalue weighted by Crippen LogP contribution is 2.34. The van der Waals surface area contributed by atoms with Crippen molar-refractivity contribution in [3.8, 4) is 0 Å². The first-order valence-electron chi connectivity index (χ1n) is 6.03. The summed E-state index contributed by atoms with van der Waals surface area (Å²) in [7, 11) is 0. The van der Waals surface area contributed by atoms with E-state index in [1.807, 2.05) is 19.1 Å². The Hall–Kier alpha value is -0.880. The Morgan fingerprint density at radius 1 is 1.20 bits per heavy atom. The van der Waals surface area contributed by atoms with E-state index in [1.54, 1.807) is 20.8 Å². The predicted molar refractivity (Wildman–Crippen MR) is 85.8 cm³/mol. The molecule has 0 bridgehead atoms. The highest BCUT2D eigenvalue weighted by molar-refractivity contribution is 9.11. The van der Waals surface area contributed by atoms with Crippen LogP contribution >= 0.6 is 31.9 Å². The van der Waals surface area contributed by atoms with E-state index in [2.05, 4.69) is 37.2 Å². The second-order valence-electron chi connectivity index (χ2n) is 5.73. The lowest BCUT2D eigenvalue weighted by Crippen LogP contribution is -2.39. The van der Waals surface area contributed by atoms with Crippen molar-refractivity contribution in [2.24, 2.45) is 11.3 Å². The van der Waals surface area contributed by atoms with E-state index in [0.29, 0.717) is 14.6 Å². The highest BCUT2D eigenvalue weighted by atomic mass is 79.9. The number of amides is 1. The molecule has 2 N–H and O–H groups in total. The number of carboxylic acids is 1. The number of aliphatic carboxylic acids is 1. The van der Waals surface area contributed by atoms with Crippen LogP contribution in [0, 0.1) is 18.3 Å². The summed E-state index contributed by atoms with van der Waals surface area (Å²) in [6.45, 7) is 7.11. The first-order chi connectivity index (χ1) is 9.04. The molecule has 0 saturated carbocycles. The molecular formula is C14H17Br2NO3. The summed E-state index contributed by atoms with van der Waals surface area (Å²) in [5, 5.41) is 11.9. The van der Waals surface area contributed by atoms with Gasteiger partial charge in [0.25, 0.3) is 0 Å². The molecule has 0 aliphatic rings. The third kappa shape index (κ3) is 4.06. The molecule has 1 amide bonds. The van der Waals surface area contributed by atoms with E-state index in [-0.39, 0.29) is 0 Å². The van der Waals surface area contributed by atoms with Crippen LogP contribution in [0.4, 0.5) is 5.69 Å². The van der Waals surface area contributed by atoms with E-state index in [1.165, 1.54) is 0 Å². The van der Waals surface area contributed by atoms with Crippen LogP contribution in [0.1, 0.15) is 26.3 Å². The van der Waals surface area contributed by atoms with Crippen molar-refractivity contribution in [1.29, 1.82) is 0 Å². The first kappa shape index (κ1) is 17.2. The standard InChI is InChI=1S/C14H17Br2NO3/c1-7-5-8(15)11(9(16)6-7)17-12(18)10(13(19)20)14(2,3)4/h5-6,10H,1-4H3,(H,17,18)(H,19,20). The highest BCUT2D eigenvalue weighted by Gasteiger charge is 2.38. The number of anilines is 1. The second-order valence-corrected chi connectivity index (χ2v) is 7.44. The van der Waals surface area contributed by atoms with Crippen molar-refractivity contribution in [3.63, 3.8) is 0 Å². The molecule has 1 aromatic rings. The van der Waals surface area contributed by atoms with Gasteiger partial charge in [0, 0.05) is 8.95 Å². The summed E-state index contributed by atoms with van der Waals surface area (Å²) in [5.41, 5.74) is 0.892. The van der Waals surface area contributed by atoms with Crippen LogP contribution in [-0.2, 0) is 9.59 Å². The molecule has 1 rings (SSSR count). The van der Waals surface area contributed by atoms with Crippen molar-refractivity contribution in [2.75, 3.05) is 5.32 Å². The maximum atomic E-state index is 12.3. The summed E-state index contributed by atoms with van der Waals surface area (Å²) in [5.74, 6) is -2.78. The van der Waals surface area contributed by atoms with Gasteiger partial charge in [0.05, 0.1) is 5.69 Å². The molecule has 0 fully saturated rings. The molecule has 0 saturated heterocycles. The van der Waals surface area contributed by atoms with Crippen molar-refractivity contribution in [2.45, 2.75) is 27.7 Å². The van der Waals surface area contributed by atoms with Crippen molar-refractivity contribution in [1.82, 2.24) is 0 Å². The van der Waals surface area contributed by atoms with Crippen LogP contribution in [0.3, 0.4) is 0 Å². The van der Waals surface area contributed by atoms with Gasteiger partial charge in [-0.2, -0.15) is 0 Å². The molecule has 6 heteroatoms. The summed E-state index contributed by atoms with van der Waals surface area (Å²) in [6.07, 6.45) is 0. The average molecular weight is 407 g/mol. The Morgan fingerprint density at radius 3 is 2.00 bits per heavy atom. The minimum atomic E-state index is -1.13. The molecule has 1 aromatic carbocycles. The quantitative estimate of drug-likeness (QED) is 0.739. The normalized spacial score (nSPS) is 12.9. The van der Waals surface area contributed by atoms with Gasteiger partial charge in [-0.05, 0) is 61.9 Å². The fraction of sp³-hybridized carbons (Fsp3) is 0.429. The number of halogens is 2. The summed E-state index contributed by atoms with van der Waals surface area (Å²) >= 11 is 6.74. The molecule has 0 aliphatic carbocycles. The summed E-state index contributed by atoms with van der Waals surface area (Å²) < 4.78 is 1.41. The van der Waals surface area contributed by atoms with E-state index in [0.717, 1.165) is 5.56 Å². The number of rotatable bonds is 3. The SMILES string of the molecule is Cc1cc(Br)c(NC(=O)C(C(=O)O)C(C)(C)C)c(Br)c1. The number of hydrogen-bond acceptors (Lipinski definition) is 2. The van der Waals surface area contributed by atoms with Crippen LogP contribution in [0.2, 0.25) is 0 Å². The molecular weight excluding hydrogens is 390 g/mol. The fourth-order valence-corrected chi connectivity index (χ4v) is 3.50. The third-order valence-corrected chi connectivity index (χ3v) is 4.06. The zero-order valence-electron chi connectivity index (χ0n) is 11.8. The first-order valence-corrected chi connectivity index (χ1v) is 7.62. The Labute approximate surface area is 135 Å². The topological polar surface area (TPSA) is 66.4 Å². The van der Waals surface area contributed by atoms with Gasteiger partial charge in [-0.25, -0.2) is 0 Å². The number of hydrogen-bond donors (Lipinski definition) is 2. The Balaban J connectivity index is 3.10. The molecule has 0 radical (unpaired) electrons. The maximum absolute atomic E-state index is 12.3. The number of carbonyl (C=O) groups excluding carboxylic acids is 1. The van der Waals surface area contributed by atoms with E-state index in [9.17, 15) is 14.7 Å². The zero-order chi connectivity index (χ0) is 15.7. The van der Waals surface area contributed by atoms with Crippen LogP contribution < -0.4 is 5.32 Å². The minimum Gasteiger partial charge on any atom is -0.481 e. The van der Waals surface area contributed by atoms with E-state index >= 15 is 0 Å². The van der Waals surface area contributed by atoms with Gasteiger partial charge in [0.2, 0.25) is 5.91 Å². The molecule has 0 spiro atoms. The van der Waals surface area contributed by atoms with Crippen molar-refractivity contribution in [3.05, 3.63) is 26.6 Å². The number of carboxylic acid groups (broad SMARTS) is 1. The average Bonchev–Trinajstić information content (AvgIpc) is 2.20. The summed E-state index contributed by atoms with van der Waals surface area (Å²) in [6, 6.07) is 3.71. The maximum Gasteiger partial charge on any atom is 0.316 e. The van der Waals surface area contributed by atoms with Crippen LogP contribution in [0.25, 0.3) is 0 Å². The molecule has 20 heavy (non-hydrogen) atoms. The lowest BCUT2D eigenvalue weighted by molar-refractivity contribution is -0.149. The molecule has 110 valence electrons. The van der Waals surface area contributed by atoms with E-state index < -0.39 is 23.2 Å². The van der Waals surface area contributed by atoms with E-state index in [4.69, 9.17) is 0 Å². The Kier molecular flexibility index (Phi) is 5.38. The van der Waals surface area contributed by atoms with Gasteiger partial charge in [-0.15, -0.1) is 0 Å².